The van der Waals surface area contributed by atoms with Crippen LogP contribution in [0.3, 0.4) is 0 Å². The Labute approximate surface area is 256 Å². The van der Waals surface area contributed by atoms with Crippen molar-refractivity contribution in [3.8, 4) is 0 Å². The molecular weight excluding hydrogens is 566 g/mol. The van der Waals surface area contributed by atoms with Crippen molar-refractivity contribution >= 4 is 40.3 Å². The summed E-state index contributed by atoms with van der Waals surface area (Å²) >= 11 is 0. The van der Waals surface area contributed by atoms with Gasteiger partial charge in [-0.15, -0.1) is 0 Å². The zero-order chi connectivity index (χ0) is 31.9. The number of nitrogens with zero attached hydrogens (tertiary/aromatic N) is 1. The van der Waals surface area contributed by atoms with Gasteiger partial charge in [0.1, 0.15) is 18.7 Å². The van der Waals surface area contributed by atoms with E-state index in [-0.39, 0.29) is 31.0 Å². The first-order chi connectivity index (χ1) is 21.2. The quantitative estimate of drug-likeness (QED) is 0.0675. The minimum absolute atomic E-state index is 0.116. The zero-order valence-electron chi connectivity index (χ0n) is 25.0. The van der Waals surface area contributed by atoms with Gasteiger partial charge in [0.15, 0.2) is 0 Å². The van der Waals surface area contributed by atoms with Gasteiger partial charge in [-0.05, 0) is 35.7 Å². The summed E-state index contributed by atoms with van der Waals surface area (Å²) < 4.78 is 5.29. The number of aromatic nitrogens is 1. The fraction of sp³-hybridized carbons (Fsp3) is 0.438. The van der Waals surface area contributed by atoms with E-state index < -0.39 is 41.2 Å². The summed E-state index contributed by atoms with van der Waals surface area (Å²) in [6.07, 6.45) is 8.98. The predicted molar refractivity (Wildman–Crippen MR) is 165 cm³/mol. The Morgan fingerprint density at radius 3 is 2.30 bits per heavy atom. The average molecular weight is 608 g/mol. The van der Waals surface area contributed by atoms with Gasteiger partial charge in [0.2, 0.25) is 17.7 Å². The van der Waals surface area contributed by atoms with Crippen LogP contribution in [0.25, 0.3) is 10.9 Å². The van der Waals surface area contributed by atoms with E-state index in [0.717, 1.165) is 35.7 Å². The van der Waals surface area contributed by atoms with Gasteiger partial charge in [-0.2, -0.15) is 0 Å². The fourth-order valence-electron chi connectivity index (χ4n) is 4.87. The summed E-state index contributed by atoms with van der Waals surface area (Å²) in [6, 6.07) is 10.5. The summed E-state index contributed by atoms with van der Waals surface area (Å²) in [7, 11) is 0. The Balaban J connectivity index is 1.68. The summed E-state index contributed by atoms with van der Waals surface area (Å²) in [5, 5.41) is 17.1. The maximum absolute atomic E-state index is 13.5. The molecule has 12 nitrogen and oxygen atoms in total. The maximum atomic E-state index is 13.5. The molecule has 0 bridgehead atoms. The molecule has 0 aliphatic rings. The lowest BCUT2D eigenvalue weighted by atomic mass is 10.0. The van der Waals surface area contributed by atoms with Gasteiger partial charge in [0, 0.05) is 42.1 Å². The highest BCUT2D eigenvalue weighted by Gasteiger charge is 2.29. The van der Waals surface area contributed by atoms with Crippen molar-refractivity contribution in [2.75, 3.05) is 0 Å². The third-order valence-electron chi connectivity index (χ3n) is 7.29. The molecule has 0 aliphatic carbocycles. The second-order valence-electron chi connectivity index (χ2n) is 10.8. The molecule has 3 rings (SSSR count). The Morgan fingerprint density at radius 2 is 1.61 bits per heavy atom. The van der Waals surface area contributed by atoms with Gasteiger partial charge >= 0.3 is 5.97 Å². The molecule has 1 heterocycles. The lowest BCUT2D eigenvalue weighted by molar-refractivity contribution is -0.384. The van der Waals surface area contributed by atoms with Crippen LogP contribution >= 0.6 is 0 Å². The SMILES string of the molecule is CCCCCCCCCC(=O)N[C@@H](Cc1c[nH]c2ccccc12)C(=O)N[C@@H](CC(N)=O)C(=O)OCc1ccc([N+](=O)[O-])cc1. The number of ether oxygens (including phenoxy) is 1. The van der Waals surface area contributed by atoms with Gasteiger partial charge in [0.25, 0.3) is 5.69 Å². The monoisotopic (exact) mass is 607 g/mol. The van der Waals surface area contributed by atoms with Crippen LogP contribution in [0.1, 0.15) is 75.8 Å². The van der Waals surface area contributed by atoms with E-state index in [1.807, 2.05) is 24.3 Å². The van der Waals surface area contributed by atoms with Crippen LogP contribution in [0.5, 0.6) is 0 Å². The molecule has 2 aromatic carbocycles. The predicted octanol–water partition coefficient (Wildman–Crippen LogP) is 4.35. The number of carbonyl (C=O) groups excluding carboxylic acids is 4. The van der Waals surface area contributed by atoms with Crippen LogP contribution in [-0.2, 0) is 36.9 Å². The molecule has 1 aromatic heterocycles. The molecule has 44 heavy (non-hydrogen) atoms. The molecule has 0 unspecified atom stereocenters. The first kappa shape index (κ1) is 33.8. The van der Waals surface area contributed by atoms with Crippen LogP contribution in [0, 0.1) is 10.1 Å². The molecule has 0 aliphatic heterocycles. The van der Waals surface area contributed by atoms with Crippen molar-refractivity contribution < 1.29 is 28.8 Å². The van der Waals surface area contributed by atoms with Crippen LogP contribution < -0.4 is 16.4 Å². The van der Waals surface area contributed by atoms with Crippen LogP contribution in [0.2, 0.25) is 0 Å². The number of nitrogens with one attached hydrogen (secondary N) is 3. The molecule has 12 heteroatoms. The first-order valence-corrected chi connectivity index (χ1v) is 15.0. The second-order valence-corrected chi connectivity index (χ2v) is 10.8. The van der Waals surface area contributed by atoms with Gasteiger partial charge in [-0.25, -0.2) is 4.79 Å². The van der Waals surface area contributed by atoms with Crippen molar-refractivity contribution in [2.24, 2.45) is 5.73 Å². The van der Waals surface area contributed by atoms with Gasteiger partial charge in [-0.3, -0.25) is 24.5 Å². The Kier molecular flexibility index (Phi) is 13.3. The number of nitro benzene ring substituents is 1. The average Bonchev–Trinajstić information content (AvgIpc) is 3.41. The van der Waals surface area contributed by atoms with Gasteiger partial charge < -0.3 is 26.1 Å². The molecule has 0 saturated heterocycles. The third-order valence-corrected chi connectivity index (χ3v) is 7.29. The highest BCUT2D eigenvalue weighted by atomic mass is 16.6. The number of amides is 3. The molecule has 0 radical (unpaired) electrons. The number of benzene rings is 2. The zero-order valence-corrected chi connectivity index (χ0v) is 25.0. The van der Waals surface area contributed by atoms with Crippen molar-refractivity contribution in [3.63, 3.8) is 0 Å². The molecule has 236 valence electrons. The largest absolute Gasteiger partial charge is 0.459 e. The van der Waals surface area contributed by atoms with Crippen molar-refractivity contribution in [3.05, 3.63) is 76.0 Å². The summed E-state index contributed by atoms with van der Waals surface area (Å²) in [5.74, 6) is -2.69. The number of fused-ring (bicyclic) bond motifs is 1. The van der Waals surface area contributed by atoms with Crippen molar-refractivity contribution in [2.45, 2.75) is 89.8 Å². The van der Waals surface area contributed by atoms with Gasteiger partial charge in [0.05, 0.1) is 11.3 Å². The molecule has 2 atom stereocenters. The Hall–Kier alpha value is -4.74. The van der Waals surface area contributed by atoms with E-state index in [1.165, 1.54) is 43.5 Å². The number of aromatic amines is 1. The lowest BCUT2D eigenvalue weighted by Crippen LogP contribution is -2.53. The topological polar surface area (TPSA) is 187 Å². The molecule has 0 saturated carbocycles. The van der Waals surface area contributed by atoms with E-state index >= 15 is 0 Å². The number of H-pyrrole nitrogens is 1. The highest BCUT2D eigenvalue weighted by Crippen LogP contribution is 2.20. The summed E-state index contributed by atoms with van der Waals surface area (Å²) in [5.41, 5.74) is 7.39. The van der Waals surface area contributed by atoms with Crippen LogP contribution in [-0.4, -0.2) is 45.7 Å². The minimum Gasteiger partial charge on any atom is -0.459 e. The highest BCUT2D eigenvalue weighted by molar-refractivity contribution is 5.93. The number of rotatable bonds is 19. The van der Waals surface area contributed by atoms with Crippen molar-refractivity contribution in [1.82, 2.24) is 15.6 Å². The number of nitrogens with two attached hydrogens (primary N) is 1. The standard InChI is InChI=1S/C32H41N5O7/c1-2-3-4-5-6-7-8-13-30(39)35-27(18-23-20-34-26-12-10-9-11-25(23)26)31(40)36-28(19-29(33)38)32(41)44-21-22-14-16-24(17-15-22)37(42)43/h9-12,14-17,20,27-28,34H,2-8,13,18-19,21H2,1H3,(H2,33,38)(H,35,39)(H,36,40)/t27-,28-/m0/s1. The summed E-state index contributed by atoms with van der Waals surface area (Å²) in [4.78, 5) is 64.6. The minimum atomic E-state index is -1.40. The number of primary amides is 1. The molecule has 3 aromatic rings. The lowest BCUT2D eigenvalue weighted by Gasteiger charge is -2.22. The number of hydrogen-bond donors (Lipinski definition) is 4. The van der Waals surface area contributed by atoms with Crippen LogP contribution in [0.15, 0.2) is 54.7 Å². The smallest absolute Gasteiger partial charge is 0.329 e. The molecule has 3 amide bonds. The molecule has 0 spiro atoms. The number of non-ortho nitro benzene ring substituents is 1. The molecular formula is C32H41N5O7. The van der Waals surface area contributed by atoms with E-state index in [2.05, 4.69) is 22.5 Å². The number of carbonyl (C=O) groups is 4. The van der Waals surface area contributed by atoms with E-state index in [9.17, 15) is 29.3 Å². The number of nitro groups is 1. The van der Waals surface area contributed by atoms with E-state index in [1.54, 1.807) is 6.20 Å². The number of unbranched alkanes of at least 4 members (excludes halogenated alkanes) is 6. The van der Waals surface area contributed by atoms with Crippen LogP contribution in [0.4, 0.5) is 5.69 Å². The van der Waals surface area contributed by atoms with Crippen molar-refractivity contribution in [1.29, 1.82) is 0 Å². The summed E-state index contributed by atoms with van der Waals surface area (Å²) in [6.45, 7) is 1.92. The van der Waals surface area contributed by atoms with Gasteiger partial charge in [-0.1, -0.05) is 63.6 Å². The normalized spacial score (nSPS) is 12.3. The third kappa shape index (κ3) is 10.8. The number of para-hydroxylation sites is 1. The Bertz CT molecular complexity index is 1420. The molecule has 0 fully saturated rings. The second kappa shape index (κ2) is 17.4. The maximum Gasteiger partial charge on any atom is 0.329 e. The Morgan fingerprint density at radius 1 is 0.932 bits per heavy atom. The number of hydrogen-bond acceptors (Lipinski definition) is 7. The molecule has 5 N–H and O–H groups in total. The van der Waals surface area contributed by atoms with E-state index in [4.69, 9.17) is 10.5 Å². The fourth-order valence-corrected chi connectivity index (χ4v) is 4.87. The van der Waals surface area contributed by atoms with E-state index in [0.29, 0.717) is 12.0 Å². The number of esters is 1. The first-order valence-electron chi connectivity index (χ1n) is 15.0.